The minimum Gasteiger partial charge on any atom is -0.406 e. The molecule has 10 heteroatoms. The Kier molecular flexibility index (Phi) is 9.03. The zero-order valence-electron chi connectivity index (χ0n) is 14.9. The van der Waals surface area contributed by atoms with Gasteiger partial charge in [-0.05, 0) is 48.9 Å². The van der Waals surface area contributed by atoms with Gasteiger partial charge in [-0.25, -0.2) is 4.99 Å². The molecule has 2 aromatic rings. The Morgan fingerprint density at radius 3 is 2.25 bits per heavy atom. The molecule has 0 unspecified atom stereocenters. The van der Waals surface area contributed by atoms with Crippen LogP contribution in [0, 0.1) is 0 Å². The number of amides is 1. The van der Waals surface area contributed by atoms with Gasteiger partial charge in [0.05, 0.1) is 6.54 Å². The van der Waals surface area contributed by atoms with Crippen LogP contribution in [0.3, 0.4) is 0 Å². The lowest BCUT2D eigenvalue weighted by Gasteiger charge is -2.10. The summed E-state index contributed by atoms with van der Waals surface area (Å²) in [6.07, 6.45) is -4.73. The average molecular weight is 508 g/mol. The third-order valence-electron chi connectivity index (χ3n) is 3.35. The number of nitrogens with zero attached hydrogens (tertiary/aromatic N) is 1. The molecule has 0 heterocycles. The molecule has 2 rings (SSSR count). The predicted molar refractivity (Wildman–Crippen MR) is 112 cm³/mol. The van der Waals surface area contributed by atoms with Crippen LogP contribution in [0.25, 0.3) is 0 Å². The first-order valence-corrected chi connectivity index (χ1v) is 8.06. The van der Waals surface area contributed by atoms with Gasteiger partial charge in [-0.3, -0.25) is 4.79 Å². The van der Waals surface area contributed by atoms with E-state index in [0.29, 0.717) is 17.8 Å². The van der Waals surface area contributed by atoms with Gasteiger partial charge in [-0.2, -0.15) is 0 Å². The van der Waals surface area contributed by atoms with Crippen molar-refractivity contribution in [2.24, 2.45) is 10.7 Å². The topological polar surface area (TPSA) is 88.7 Å². The van der Waals surface area contributed by atoms with Crippen LogP contribution in [-0.4, -0.2) is 24.8 Å². The molecule has 0 aliphatic heterocycles. The van der Waals surface area contributed by atoms with E-state index in [-0.39, 0.29) is 48.1 Å². The molecule has 1 amide bonds. The molecular weight excluding hydrogens is 488 g/mol. The van der Waals surface area contributed by atoms with Gasteiger partial charge in [0.25, 0.3) is 5.91 Å². The number of benzene rings is 2. The first-order chi connectivity index (χ1) is 12.8. The second-order valence-electron chi connectivity index (χ2n) is 5.46. The van der Waals surface area contributed by atoms with E-state index < -0.39 is 6.36 Å². The third-order valence-corrected chi connectivity index (χ3v) is 3.35. The highest BCUT2D eigenvalue weighted by Gasteiger charge is 2.30. The lowest BCUT2D eigenvalue weighted by atomic mass is 10.1. The van der Waals surface area contributed by atoms with E-state index >= 15 is 0 Å². The van der Waals surface area contributed by atoms with E-state index in [2.05, 4.69) is 20.4 Å². The fourth-order valence-corrected chi connectivity index (χ4v) is 2.13. The maximum atomic E-state index is 12.1. The summed E-state index contributed by atoms with van der Waals surface area (Å²) in [6.45, 7) is 2.67. The van der Waals surface area contributed by atoms with E-state index in [0.717, 1.165) is 5.56 Å². The van der Waals surface area contributed by atoms with Crippen molar-refractivity contribution in [1.29, 1.82) is 0 Å². The zero-order valence-corrected chi connectivity index (χ0v) is 17.2. The molecule has 0 spiro atoms. The molecule has 0 fully saturated rings. The summed E-state index contributed by atoms with van der Waals surface area (Å²) in [4.78, 5) is 15.8. The highest BCUT2D eigenvalue weighted by Crippen LogP contribution is 2.23. The molecular formula is C18H20F3IN4O2. The number of nitrogens with one attached hydrogen (secondary N) is 2. The number of nitrogens with two attached hydrogens (primary N) is 1. The normalized spacial score (nSPS) is 11.4. The molecule has 0 saturated heterocycles. The molecule has 6 nitrogen and oxygen atoms in total. The summed E-state index contributed by atoms with van der Waals surface area (Å²) in [6, 6.07) is 12.1. The van der Waals surface area contributed by atoms with Crippen LogP contribution in [0.4, 0.5) is 18.9 Å². The largest absolute Gasteiger partial charge is 0.573 e. The van der Waals surface area contributed by atoms with Gasteiger partial charge in [-0.15, -0.1) is 37.1 Å². The van der Waals surface area contributed by atoms with Crippen LogP contribution in [0.1, 0.15) is 22.8 Å². The van der Waals surface area contributed by atoms with Crippen molar-refractivity contribution in [1.82, 2.24) is 5.32 Å². The Bertz CT molecular complexity index is 794. The van der Waals surface area contributed by atoms with E-state index in [1.807, 2.05) is 6.92 Å². The van der Waals surface area contributed by atoms with Gasteiger partial charge in [-0.1, -0.05) is 12.1 Å². The fraction of sp³-hybridized carbons (Fsp3) is 0.222. The summed E-state index contributed by atoms with van der Waals surface area (Å²) < 4.78 is 40.2. The Labute approximate surface area is 177 Å². The van der Waals surface area contributed by atoms with Crippen molar-refractivity contribution >= 4 is 41.5 Å². The number of halogens is 4. The average Bonchev–Trinajstić information content (AvgIpc) is 2.61. The SMILES string of the molecule is CCNC(=O)c1ccc(CN=C(N)Nc2ccc(OC(F)(F)F)cc2)cc1.I. The highest BCUT2D eigenvalue weighted by molar-refractivity contribution is 14.0. The molecule has 28 heavy (non-hydrogen) atoms. The van der Waals surface area contributed by atoms with Gasteiger partial charge >= 0.3 is 6.36 Å². The van der Waals surface area contributed by atoms with Crippen LogP contribution in [-0.2, 0) is 6.54 Å². The van der Waals surface area contributed by atoms with Gasteiger partial charge in [0.1, 0.15) is 5.75 Å². The maximum absolute atomic E-state index is 12.1. The number of anilines is 1. The van der Waals surface area contributed by atoms with Crippen molar-refractivity contribution < 1.29 is 22.7 Å². The van der Waals surface area contributed by atoms with Gasteiger partial charge < -0.3 is 21.1 Å². The number of rotatable bonds is 6. The molecule has 0 radical (unpaired) electrons. The second-order valence-corrected chi connectivity index (χ2v) is 5.46. The first-order valence-electron chi connectivity index (χ1n) is 8.06. The van der Waals surface area contributed by atoms with Crippen LogP contribution in [0.5, 0.6) is 5.75 Å². The Morgan fingerprint density at radius 2 is 1.71 bits per heavy atom. The minimum atomic E-state index is -4.73. The van der Waals surface area contributed by atoms with Crippen molar-refractivity contribution in [2.75, 3.05) is 11.9 Å². The molecule has 2 aromatic carbocycles. The van der Waals surface area contributed by atoms with Crippen LogP contribution in [0.15, 0.2) is 53.5 Å². The van der Waals surface area contributed by atoms with Crippen LogP contribution in [0.2, 0.25) is 0 Å². The Morgan fingerprint density at radius 1 is 1.11 bits per heavy atom. The zero-order chi connectivity index (χ0) is 19.9. The van der Waals surface area contributed by atoms with Crippen molar-refractivity contribution in [3.63, 3.8) is 0 Å². The molecule has 0 aliphatic carbocycles. The summed E-state index contributed by atoms with van der Waals surface area (Å²) >= 11 is 0. The van der Waals surface area contributed by atoms with E-state index in [4.69, 9.17) is 5.73 Å². The second kappa shape index (κ2) is 10.7. The van der Waals surface area contributed by atoms with Crippen molar-refractivity contribution in [2.45, 2.75) is 19.8 Å². The number of guanidine groups is 1. The minimum absolute atomic E-state index is 0. The van der Waals surface area contributed by atoms with E-state index in [1.165, 1.54) is 24.3 Å². The highest BCUT2D eigenvalue weighted by atomic mass is 127. The molecule has 0 aliphatic rings. The number of carbonyl (C=O) groups is 1. The number of aliphatic imine (C=N–C) groups is 1. The van der Waals surface area contributed by atoms with Gasteiger partial charge in [0, 0.05) is 17.8 Å². The van der Waals surface area contributed by atoms with Gasteiger partial charge in [0.15, 0.2) is 5.96 Å². The lowest BCUT2D eigenvalue weighted by Crippen LogP contribution is -2.23. The fourth-order valence-electron chi connectivity index (χ4n) is 2.13. The number of hydrogen-bond acceptors (Lipinski definition) is 3. The molecule has 152 valence electrons. The Hall–Kier alpha value is -2.50. The van der Waals surface area contributed by atoms with Crippen molar-refractivity contribution in [3.8, 4) is 5.75 Å². The standard InChI is InChI=1S/C18H19F3N4O2.HI/c1-2-23-16(26)13-5-3-12(4-6-13)11-24-17(22)25-14-7-9-15(10-8-14)27-18(19,20)21;/h3-10H,2,11H2,1H3,(H,23,26)(H3,22,24,25);1H. The van der Waals surface area contributed by atoms with E-state index in [1.54, 1.807) is 24.3 Å². The number of alkyl halides is 3. The third kappa shape index (κ3) is 8.03. The summed E-state index contributed by atoms with van der Waals surface area (Å²) in [5.74, 6) is -0.366. The molecule has 0 atom stereocenters. The molecule has 0 aromatic heterocycles. The molecule has 0 bridgehead atoms. The summed E-state index contributed by atoms with van der Waals surface area (Å²) in [5, 5.41) is 5.48. The van der Waals surface area contributed by atoms with Crippen molar-refractivity contribution in [3.05, 3.63) is 59.7 Å². The lowest BCUT2D eigenvalue weighted by molar-refractivity contribution is -0.274. The first kappa shape index (κ1) is 23.5. The number of carbonyl (C=O) groups excluding carboxylic acids is 1. The maximum Gasteiger partial charge on any atom is 0.573 e. The predicted octanol–water partition coefficient (Wildman–Crippen LogP) is 3.88. The Balaban J connectivity index is 0.00000392. The quantitative estimate of drug-likeness (QED) is 0.314. The van der Waals surface area contributed by atoms with Crippen LogP contribution < -0.4 is 21.1 Å². The molecule has 0 saturated carbocycles. The summed E-state index contributed by atoms with van der Waals surface area (Å²) in [5.41, 5.74) is 7.65. The number of hydrogen-bond donors (Lipinski definition) is 3. The van der Waals surface area contributed by atoms with E-state index in [9.17, 15) is 18.0 Å². The summed E-state index contributed by atoms with van der Waals surface area (Å²) in [7, 11) is 0. The smallest absolute Gasteiger partial charge is 0.406 e. The monoisotopic (exact) mass is 508 g/mol. The van der Waals surface area contributed by atoms with Crippen LogP contribution >= 0.6 is 24.0 Å². The van der Waals surface area contributed by atoms with Gasteiger partial charge in [0.2, 0.25) is 0 Å². The number of ether oxygens (including phenoxy) is 1. The molecule has 4 N–H and O–H groups in total.